The Kier molecular flexibility index (Phi) is 5.47. The maximum absolute atomic E-state index is 12.6. The number of carbonyl (C=O) groups excluding carboxylic acids is 1. The lowest BCUT2D eigenvalue weighted by Crippen LogP contribution is -2.48. The van der Waals surface area contributed by atoms with Gasteiger partial charge in [0.2, 0.25) is 5.91 Å². The number of hydrogen-bond donors (Lipinski definition) is 1. The average molecular weight is 275 g/mol. The van der Waals surface area contributed by atoms with Gasteiger partial charge in [-0.25, -0.2) is 0 Å². The van der Waals surface area contributed by atoms with Gasteiger partial charge in [-0.05, 0) is 44.1 Å². The van der Waals surface area contributed by atoms with E-state index < -0.39 is 0 Å². The molecule has 106 valence electrons. The van der Waals surface area contributed by atoms with Crippen LogP contribution in [-0.4, -0.2) is 30.4 Å². The van der Waals surface area contributed by atoms with Gasteiger partial charge in [-0.15, -0.1) is 12.4 Å². The molecule has 1 aliphatic carbocycles. The predicted octanol–water partition coefficient (Wildman–Crippen LogP) is 2.43. The van der Waals surface area contributed by atoms with E-state index in [1.165, 1.54) is 6.42 Å². The van der Waals surface area contributed by atoms with Crippen molar-refractivity contribution in [3.8, 4) is 0 Å². The van der Waals surface area contributed by atoms with Crippen LogP contribution in [0.3, 0.4) is 0 Å². The van der Waals surface area contributed by atoms with E-state index >= 15 is 0 Å². The molecule has 1 saturated carbocycles. The number of nitrogens with zero attached hydrogens (tertiary/aromatic N) is 1. The first-order valence-electron chi connectivity index (χ1n) is 7.07. The molecule has 1 atom stereocenters. The summed E-state index contributed by atoms with van der Waals surface area (Å²) in [6.07, 6.45) is 5.60. The summed E-state index contributed by atoms with van der Waals surface area (Å²) in [7, 11) is 0. The van der Waals surface area contributed by atoms with Crippen LogP contribution in [0.1, 0.15) is 46.0 Å². The molecule has 1 saturated heterocycles. The van der Waals surface area contributed by atoms with Gasteiger partial charge in [0.05, 0.1) is 0 Å². The molecule has 3 nitrogen and oxygen atoms in total. The summed E-state index contributed by atoms with van der Waals surface area (Å²) in [6.45, 7) is 7.00. The molecule has 0 spiro atoms. The smallest absolute Gasteiger partial charge is 0.228 e. The Balaban J connectivity index is 0.00000162. The van der Waals surface area contributed by atoms with Gasteiger partial charge in [0.1, 0.15) is 0 Å². The SMILES string of the molecule is CC(C)CC1(C(=O)N2CCC(CN)C2)CCC1.Cl. The summed E-state index contributed by atoms with van der Waals surface area (Å²) in [5.41, 5.74) is 5.69. The van der Waals surface area contributed by atoms with Crippen LogP contribution in [0.2, 0.25) is 0 Å². The monoisotopic (exact) mass is 274 g/mol. The van der Waals surface area contributed by atoms with Crippen LogP contribution < -0.4 is 5.73 Å². The fourth-order valence-electron chi connectivity index (χ4n) is 3.44. The summed E-state index contributed by atoms with van der Waals surface area (Å²) in [4.78, 5) is 14.7. The molecular weight excluding hydrogens is 248 g/mol. The number of carbonyl (C=O) groups is 1. The van der Waals surface area contributed by atoms with E-state index in [0.717, 1.165) is 45.3 Å². The Morgan fingerprint density at radius 1 is 1.44 bits per heavy atom. The molecular formula is C14H27ClN2O. The molecule has 0 aromatic carbocycles. The molecule has 1 unspecified atom stereocenters. The van der Waals surface area contributed by atoms with Crippen LogP contribution in [-0.2, 0) is 4.79 Å². The van der Waals surface area contributed by atoms with Gasteiger partial charge in [-0.1, -0.05) is 20.3 Å². The highest BCUT2D eigenvalue weighted by Gasteiger charge is 2.47. The van der Waals surface area contributed by atoms with Gasteiger partial charge in [0, 0.05) is 18.5 Å². The lowest BCUT2D eigenvalue weighted by Gasteiger charge is -2.44. The first-order chi connectivity index (χ1) is 8.07. The Hall–Kier alpha value is -0.280. The highest BCUT2D eigenvalue weighted by Crippen LogP contribution is 2.47. The summed E-state index contributed by atoms with van der Waals surface area (Å²) < 4.78 is 0. The highest BCUT2D eigenvalue weighted by molar-refractivity contribution is 5.85. The average Bonchev–Trinajstić information content (AvgIpc) is 2.70. The van der Waals surface area contributed by atoms with E-state index in [1.54, 1.807) is 0 Å². The van der Waals surface area contributed by atoms with Gasteiger partial charge >= 0.3 is 0 Å². The van der Waals surface area contributed by atoms with Crippen molar-refractivity contribution in [3.63, 3.8) is 0 Å². The van der Waals surface area contributed by atoms with E-state index in [0.29, 0.717) is 17.7 Å². The predicted molar refractivity (Wildman–Crippen MR) is 76.7 cm³/mol. The van der Waals surface area contributed by atoms with Crippen LogP contribution in [0.4, 0.5) is 0 Å². The number of rotatable bonds is 4. The highest BCUT2D eigenvalue weighted by atomic mass is 35.5. The number of amides is 1. The second-order valence-corrected chi connectivity index (χ2v) is 6.37. The van der Waals surface area contributed by atoms with Crippen LogP contribution in [0.15, 0.2) is 0 Å². The van der Waals surface area contributed by atoms with E-state index in [-0.39, 0.29) is 17.8 Å². The van der Waals surface area contributed by atoms with Crippen molar-refractivity contribution in [1.82, 2.24) is 4.90 Å². The maximum atomic E-state index is 12.6. The lowest BCUT2D eigenvalue weighted by molar-refractivity contribution is -0.148. The molecule has 0 aromatic rings. The van der Waals surface area contributed by atoms with Crippen molar-refractivity contribution in [2.24, 2.45) is 23.0 Å². The van der Waals surface area contributed by atoms with Crippen LogP contribution in [0.5, 0.6) is 0 Å². The number of hydrogen-bond acceptors (Lipinski definition) is 2. The zero-order valence-corrected chi connectivity index (χ0v) is 12.5. The first-order valence-corrected chi connectivity index (χ1v) is 7.07. The van der Waals surface area contributed by atoms with Crippen molar-refractivity contribution in [2.75, 3.05) is 19.6 Å². The van der Waals surface area contributed by atoms with Gasteiger partial charge in [-0.2, -0.15) is 0 Å². The molecule has 1 amide bonds. The topological polar surface area (TPSA) is 46.3 Å². The van der Waals surface area contributed by atoms with Gasteiger partial charge in [0.25, 0.3) is 0 Å². The van der Waals surface area contributed by atoms with Crippen molar-refractivity contribution in [3.05, 3.63) is 0 Å². The molecule has 0 aromatic heterocycles. The normalized spacial score (nSPS) is 25.8. The Morgan fingerprint density at radius 3 is 2.50 bits per heavy atom. The molecule has 4 heteroatoms. The van der Waals surface area contributed by atoms with Gasteiger partial charge < -0.3 is 10.6 Å². The van der Waals surface area contributed by atoms with Crippen LogP contribution >= 0.6 is 12.4 Å². The second kappa shape index (κ2) is 6.25. The minimum Gasteiger partial charge on any atom is -0.342 e. The van der Waals surface area contributed by atoms with Crippen molar-refractivity contribution >= 4 is 18.3 Å². The first kappa shape index (κ1) is 15.8. The van der Waals surface area contributed by atoms with Gasteiger partial charge in [-0.3, -0.25) is 4.79 Å². The minimum absolute atomic E-state index is 0. The lowest BCUT2D eigenvalue weighted by atomic mass is 9.63. The van der Waals surface area contributed by atoms with Crippen molar-refractivity contribution < 1.29 is 4.79 Å². The largest absolute Gasteiger partial charge is 0.342 e. The molecule has 0 radical (unpaired) electrons. The fourth-order valence-corrected chi connectivity index (χ4v) is 3.44. The molecule has 2 aliphatic rings. The standard InChI is InChI=1S/C14H26N2O.ClH/c1-11(2)8-14(5-3-6-14)13(17)16-7-4-12(9-15)10-16;/h11-12H,3-10,15H2,1-2H3;1H. The van der Waals surface area contributed by atoms with Crippen molar-refractivity contribution in [1.29, 1.82) is 0 Å². The molecule has 1 heterocycles. The third kappa shape index (κ3) is 3.00. The summed E-state index contributed by atoms with van der Waals surface area (Å²) in [5, 5.41) is 0. The summed E-state index contributed by atoms with van der Waals surface area (Å²) >= 11 is 0. The van der Waals surface area contributed by atoms with Crippen LogP contribution in [0.25, 0.3) is 0 Å². The Labute approximate surface area is 117 Å². The third-order valence-corrected chi connectivity index (χ3v) is 4.47. The quantitative estimate of drug-likeness (QED) is 0.856. The van der Waals surface area contributed by atoms with Crippen LogP contribution in [0, 0.1) is 17.3 Å². The molecule has 2 N–H and O–H groups in total. The zero-order chi connectivity index (χ0) is 12.5. The van der Waals surface area contributed by atoms with Gasteiger partial charge in [0.15, 0.2) is 0 Å². The van der Waals surface area contributed by atoms with E-state index in [1.807, 2.05) is 0 Å². The summed E-state index contributed by atoms with van der Waals surface area (Å²) in [6, 6.07) is 0. The number of halogens is 1. The minimum atomic E-state index is -0.00233. The number of likely N-dealkylation sites (tertiary alicyclic amines) is 1. The maximum Gasteiger partial charge on any atom is 0.228 e. The van der Waals surface area contributed by atoms with E-state index in [2.05, 4.69) is 18.7 Å². The Bertz CT molecular complexity index is 290. The van der Waals surface area contributed by atoms with E-state index in [4.69, 9.17) is 5.73 Å². The second-order valence-electron chi connectivity index (χ2n) is 6.37. The molecule has 2 fully saturated rings. The summed E-state index contributed by atoms with van der Waals surface area (Å²) in [5.74, 6) is 1.58. The van der Waals surface area contributed by atoms with Crippen molar-refractivity contribution in [2.45, 2.75) is 46.0 Å². The molecule has 0 bridgehead atoms. The molecule has 1 aliphatic heterocycles. The molecule has 18 heavy (non-hydrogen) atoms. The zero-order valence-electron chi connectivity index (χ0n) is 11.7. The fraction of sp³-hybridized carbons (Fsp3) is 0.929. The number of nitrogens with two attached hydrogens (primary N) is 1. The Morgan fingerprint density at radius 2 is 2.11 bits per heavy atom. The third-order valence-electron chi connectivity index (χ3n) is 4.47. The van der Waals surface area contributed by atoms with E-state index in [9.17, 15) is 4.79 Å². The molecule has 2 rings (SSSR count).